The van der Waals surface area contributed by atoms with Crippen LogP contribution in [0.4, 0.5) is 5.69 Å². The molecule has 1 N–H and O–H groups in total. The minimum atomic E-state index is -1.22. The molecule has 4 atom stereocenters. The first kappa shape index (κ1) is 18.8. The molecule has 0 radical (unpaired) electrons. The van der Waals surface area contributed by atoms with E-state index in [-0.39, 0.29) is 30.3 Å². The van der Waals surface area contributed by atoms with Crippen LogP contribution in [0.3, 0.4) is 0 Å². The number of anilines is 1. The number of rotatable bonds is 4. The smallest absolute Gasteiger partial charge is 0.253 e. The molecule has 3 heterocycles. The highest BCUT2D eigenvalue weighted by atomic mass is 16.2. The monoisotopic (exact) mass is 401 g/mol. The summed E-state index contributed by atoms with van der Waals surface area (Å²) in [7, 11) is 0. The number of benzene rings is 2. The summed E-state index contributed by atoms with van der Waals surface area (Å²) < 4.78 is 0. The summed E-state index contributed by atoms with van der Waals surface area (Å²) in [5, 5.41) is 3.38. The zero-order valence-electron chi connectivity index (χ0n) is 16.7. The topological polar surface area (TPSA) is 69.7 Å². The van der Waals surface area contributed by atoms with E-state index < -0.39 is 17.4 Å². The number of para-hydroxylation sites is 1. The van der Waals surface area contributed by atoms with E-state index in [9.17, 15) is 14.4 Å². The first-order valence-corrected chi connectivity index (χ1v) is 10.2. The molecule has 6 heteroatoms. The molecule has 2 aromatic rings. The van der Waals surface area contributed by atoms with Crippen molar-refractivity contribution in [1.29, 1.82) is 0 Å². The third-order valence-corrected chi connectivity index (χ3v) is 6.60. The standard InChI is InChI=1S/C24H23N3O3/c1-3-13-26-18-12-8-7-11-17(18)24(23(26)30)20-19(15(2)25-24)21(28)27(22(20)29)14-16-9-5-4-6-10-16/h3-12,15,19-20,25H,1,13-14H2,2H3/t15-,19-,20-,24-/m0/s1. The van der Waals surface area contributed by atoms with Gasteiger partial charge in [-0.2, -0.15) is 0 Å². The van der Waals surface area contributed by atoms with Gasteiger partial charge in [0.05, 0.1) is 18.4 Å². The summed E-state index contributed by atoms with van der Waals surface area (Å²) in [4.78, 5) is 43.6. The third kappa shape index (κ3) is 2.31. The van der Waals surface area contributed by atoms with Gasteiger partial charge in [-0.05, 0) is 18.6 Å². The van der Waals surface area contributed by atoms with Crippen LogP contribution in [0.2, 0.25) is 0 Å². The van der Waals surface area contributed by atoms with Crippen LogP contribution in [0.5, 0.6) is 0 Å². The van der Waals surface area contributed by atoms with E-state index in [2.05, 4.69) is 11.9 Å². The molecule has 30 heavy (non-hydrogen) atoms. The van der Waals surface area contributed by atoms with Gasteiger partial charge in [0.2, 0.25) is 11.8 Å². The second-order valence-corrected chi connectivity index (χ2v) is 8.21. The number of amides is 3. The van der Waals surface area contributed by atoms with Crippen molar-refractivity contribution < 1.29 is 14.4 Å². The van der Waals surface area contributed by atoms with Crippen molar-refractivity contribution in [2.75, 3.05) is 11.4 Å². The van der Waals surface area contributed by atoms with Crippen molar-refractivity contribution in [3.8, 4) is 0 Å². The lowest BCUT2D eigenvalue weighted by Gasteiger charge is -2.30. The van der Waals surface area contributed by atoms with Crippen molar-refractivity contribution in [1.82, 2.24) is 10.2 Å². The van der Waals surface area contributed by atoms with Crippen LogP contribution in [-0.2, 0) is 26.5 Å². The molecule has 0 unspecified atom stereocenters. The van der Waals surface area contributed by atoms with Crippen LogP contribution in [0.15, 0.2) is 67.3 Å². The summed E-state index contributed by atoms with van der Waals surface area (Å²) >= 11 is 0. The van der Waals surface area contributed by atoms with Crippen LogP contribution in [-0.4, -0.2) is 35.2 Å². The van der Waals surface area contributed by atoms with Gasteiger partial charge in [0.1, 0.15) is 5.54 Å². The maximum atomic E-state index is 13.7. The predicted molar refractivity (Wildman–Crippen MR) is 112 cm³/mol. The van der Waals surface area contributed by atoms with Crippen molar-refractivity contribution in [2.45, 2.75) is 25.0 Å². The lowest BCUT2D eigenvalue weighted by Crippen LogP contribution is -2.54. The second-order valence-electron chi connectivity index (χ2n) is 8.21. The maximum Gasteiger partial charge on any atom is 0.253 e. The van der Waals surface area contributed by atoms with Gasteiger partial charge in [-0.25, -0.2) is 0 Å². The molecule has 6 nitrogen and oxygen atoms in total. The minimum Gasteiger partial charge on any atom is -0.306 e. The summed E-state index contributed by atoms with van der Waals surface area (Å²) in [5.41, 5.74) is 1.20. The van der Waals surface area contributed by atoms with Crippen molar-refractivity contribution in [3.63, 3.8) is 0 Å². The number of nitrogens with zero attached hydrogens (tertiary/aromatic N) is 2. The summed E-state index contributed by atoms with van der Waals surface area (Å²) in [6.45, 7) is 6.23. The Morgan fingerprint density at radius 1 is 1.00 bits per heavy atom. The van der Waals surface area contributed by atoms with E-state index in [0.717, 1.165) is 16.8 Å². The van der Waals surface area contributed by atoms with Gasteiger partial charge in [-0.15, -0.1) is 6.58 Å². The number of carbonyl (C=O) groups is 3. The summed E-state index contributed by atoms with van der Waals surface area (Å²) in [6.07, 6.45) is 1.67. The number of nitrogens with one attached hydrogen (secondary N) is 1. The molecule has 0 aliphatic carbocycles. The zero-order chi connectivity index (χ0) is 21.0. The van der Waals surface area contributed by atoms with E-state index in [0.29, 0.717) is 6.54 Å². The quantitative estimate of drug-likeness (QED) is 0.630. The van der Waals surface area contributed by atoms with E-state index in [1.807, 2.05) is 61.5 Å². The lowest BCUT2D eigenvalue weighted by atomic mass is 9.76. The normalized spacial score (nSPS) is 29.6. The molecular formula is C24H23N3O3. The van der Waals surface area contributed by atoms with E-state index in [1.54, 1.807) is 11.0 Å². The molecule has 0 saturated carbocycles. The number of fused-ring (bicyclic) bond motifs is 4. The fraction of sp³-hybridized carbons (Fsp3) is 0.292. The molecule has 3 amide bonds. The number of hydrogen-bond acceptors (Lipinski definition) is 4. The number of likely N-dealkylation sites (tertiary alicyclic amines) is 1. The SMILES string of the molecule is C=CCN1C(=O)[C@]2(N[C@@H](C)[C@@H]3C(=O)N(Cc4ccccc4)C(=O)[C@H]32)c2ccccc21. The zero-order valence-corrected chi connectivity index (χ0v) is 16.7. The Hall–Kier alpha value is -3.25. The average Bonchev–Trinajstić information content (AvgIpc) is 3.29. The van der Waals surface area contributed by atoms with Crippen LogP contribution in [0, 0.1) is 11.8 Å². The molecular weight excluding hydrogens is 378 g/mol. The number of hydrogen-bond donors (Lipinski definition) is 1. The van der Waals surface area contributed by atoms with Gasteiger partial charge >= 0.3 is 0 Å². The first-order valence-electron chi connectivity index (χ1n) is 10.2. The Balaban J connectivity index is 1.60. The molecule has 0 bridgehead atoms. The fourth-order valence-electron chi connectivity index (χ4n) is 5.40. The Bertz CT molecular complexity index is 1070. The highest BCUT2D eigenvalue weighted by Gasteiger charge is 2.70. The predicted octanol–water partition coefficient (Wildman–Crippen LogP) is 2.21. The van der Waals surface area contributed by atoms with Gasteiger partial charge in [0.15, 0.2) is 0 Å². The van der Waals surface area contributed by atoms with Crippen LogP contribution in [0.1, 0.15) is 18.1 Å². The number of carbonyl (C=O) groups excluding carboxylic acids is 3. The molecule has 3 aliphatic rings. The van der Waals surface area contributed by atoms with Crippen molar-refractivity contribution in [2.24, 2.45) is 11.8 Å². The number of imide groups is 1. The second kappa shape index (κ2) is 6.64. The van der Waals surface area contributed by atoms with E-state index in [4.69, 9.17) is 0 Å². The van der Waals surface area contributed by atoms with E-state index in [1.165, 1.54) is 4.90 Å². The molecule has 1 spiro atoms. The van der Waals surface area contributed by atoms with Gasteiger partial charge in [-0.3, -0.25) is 24.6 Å². The van der Waals surface area contributed by atoms with Gasteiger partial charge in [0, 0.05) is 23.8 Å². The molecule has 2 aromatic carbocycles. The average molecular weight is 401 g/mol. The third-order valence-electron chi connectivity index (χ3n) is 6.60. The van der Waals surface area contributed by atoms with Crippen molar-refractivity contribution in [3.05, 3.63) is 78.4 Å². The summed E-state index contributed by atoms with van der Waals surface area (Å²) in [6, 6.07) is 16.7. The lowest BCUT2D eigenvalue weighted by molar-refractivity contribution is -0.143. The van der Waals surface area contributed by atoms with Crippen LogP contribution < -0.4 is 10.2 Å². The van der Waals surface area contributed by atoms with Gasteiger partial charge in [0.25, 0.3) is 5.91 Å². The Morgan fingerprint density at radius 3 is 2.43 bits per heavy atom. The highest BCUT2D eigenvalue weighted by Crippen LogP contribution is 2.54. The van der Waals surface area contributed by atoms with E-state index >= 15 is 0 Å². The van der Waals surface area contributed by atoms with Crippen molar-refractivity contribution >= 4 is 23.4 Å². The Morgan fingerprint density at radius 2 is 1.70 bits per heavy atom. The largest absolute Gasteiger partial charge is 0.306 e. The summed E-state index contributed by atoms with van der Waals surface area (Å²) in [5.74, 6) is -2.01. The van der Waals surface area contributed by atoms with Gasteiger partial charge in [-0.1, -0.05) is 54.6 Å². The molecule has 152 valence electrons. The molecule has 3 aliphatic heterocycles. The minimum absolute atomic E-state index is 0.189. The van der Waals surface area contributed by atoms with Crippen LogP contribution in [0.25, 0.3) is 0 Å². The Kier molecular flexibility index (Phi) is 4.15. The molecule has 5 rings (SSSR count). The fourth-order valence-corrected chi connectivity index (χ4v) is 5.40. The maximum absolute atomic E-state index is 13.7. The molecule has 2 saturated heterocycles. The van der Waals surface area contributed by atoms with Crippen LogP contribution >= 0.6 is 0 Å². The highest BCUT2D eigenvalue weighted by molar-refractivity contribution is 6.16. The van der Waals surface area contributed by atoms with Gasteiger partial charge < -0.3 is 4.90 Å². The molecule has 2 fully saturated rings. The first-order chi connectivity index (χ1) is 14.5. The molecule has 0 aromatic heterocycles. The Labute approximate surface area is 175 Å².